The molecule has 1 aromatic carbocycles. The zero-order chi connectivity index (χ0) is 13.8. The Morgan fingerprint density at radius 2 is 2.11 bits per heavy atom. The summed E-state index contributed by atoms with van der Waals surface area (Å²) in [4.78, 5) is 11.8. The third-order valence-corrected chi connectivity index (χ3v) is 2.26. The minimum atomic E-state index is -0.646. The first-order chi connectivity index (χ1) is 9.10. The van der Waals surface area contributed by atoms with Crippen LogP contribution in [0.25, 0.3) is 0 Å². The summed E-state index contributed by atoms with van der Waals surface area (Å²) in [7, 11) is 0. The highest BCUT2D eigenvalue weighted by Crippen LogP contribution is 2.14. The molecule has 6 nitrogen and oxygen atoms in total. The average Bonchev–Trinajstić information content (AvgIpc) is 2.41. The van der Waals surface area contributed by atoms with Gasteiger partial charge in [0.25, 0.3) is 5.91 Å². The van der Waals surface area contributed by atoms with Crippen molar-refractivity contribution in [2.24, 2.45) is 0 Å². The van der Waals surface area contributed by atoms with Gasteiger partial charge in [0.2, 0.25) is 0 Å². The van der Waals surface area contributed by atoms with Gasteiger partial charge in [-0.15, -0.1) is 10.2 Å². The first-order valence-corrected chi connectivity index (χ1v) is 5.20. The van der Waals surface area contributed by atoms with Crippen molar-refractivity contribution in [3.8, 4) is 6.07 Å². The Bertz CT molecular complexity index is 663. The number of carbonyl (C=O) groups is 1. The molecule has 2 rings (SSSR count). The zero-order valence-electron chi connectivity index (χ0n) is 9.59. The predicted molar refractivity (Wildman–Crippen MR) is 65.5 cm³/mol. The first kappa shape index (κ1) is 12.4. The van der Waals surface area contributed by atoms with Crippen LogP contribution in [0.2, 0.25) is 0 Å². The van der Waals surface area contributed by atoms with Gasteiger partial charge in [-0.2, -0.15) is 5.26 Å². The lowest BCUT2D eigenvalue weighted by Crippen LogP contribution is -2.14. The summed E-state index contributed by atoms with van der Waals surface area (Å²) in [6.07, 6.45) is 0. The minimum absolute atomic E-state index is 0.0667. The van der Waals surface area contributed by atoms with E-state index in [1.165, 1.54) is 24.3 Å². The molecule has 0 aliphatic heterocycles. The van der Waals surface area contributed by atoms with E-state index in [0.29, 0.717) is 5.69 Å². The van der Waals surface area contributed by atoms with Crippen LogP contribution in [0.4, 0.5) is 15.9 Å². The summed E-state index contributed by atoms with van der Waals surface area (Å²) >= 11 is 0. The topological polar surface area (TPSA) is 105 Å². The third-order valence-electron chi connectivity index (χ3n) is 2.26. The molecule has 7 heteroatoms. The molecule has 0 bridgehead atoms. The number of anilines is 2. The molecule has 0 aliphatic rings. The number of nitrogens with zero attached hydrogens (tertiary/aromatic N) is 3. The quantitative estimate of drug-likeness (QED) is 0.844. The van der Waals surface area contributed by atoms with Crippen molar-refractivity contribution in [2.45, 2.75) is 0 Å². The number of halogens is 1. The van der Waals surface area contributed by atoms with Crippen LogP contribution in [-0.2, 0) is 0 Å². The van der Waals surface area contributed by atoms with Crippen LogP contribution >= 0.6 is 0 Å². The number of carbonyl (C=O) groups excluding carboxylic acids is 1. The molecular formula is C12H8FN5O. The van der Waals surface area contributed by atoms with Crippen molar-refractivity contribution in [1.29, 1.82) is 5.26 Å². The van der Waals surface area contributed by atoms with Gasteiger partial charge in [0.1, 0.15) is 17.7 Å². The number of hydrogen-bond acceptors (Lipinski definition) is 5. The number of nitrogen functional groups attached to an aromatic ring is 1. The van der Waals surface area contributed by atoms with Crippen LogP contribution in [0.1, 0.15) is 16.1 Å². The molecule has 0 spiro atoms. The fourth-order valence-corrected chi connectivity index (χ4v) is 1.35. The molecule has 1 aromatic heterocycles. The Balaban J connectivity index is 2.20. The van der Waals surface area contributed by atoms with E-state index in [1.807, 2.05) is 0 Å². The number of hydrogen-bond donors (Lipinski definition) is 2. The van der Waals surface area contributed by atoms with Crippen LogP contribution in [0.5, 0.6) is 0 Å². The molecule has 0 saturated heterocycles. The summed E-state index contributed by atoms with van der Waals surface area (Å²) in [6.45, 7) is 0. The Kier molecular flexibility index (Phi) is 3.34. The third kappa shape index (κ3) is 2.81. The Morgan fingerprint density at radius 3 is 2.74 bits per heavy atom. The van der Waals surface area contributed by atoms with E-state index < -0.39 is 11.7 Å². The van der Waals surface area contributed by atoms with Gasteiger partial charge in [0, 0.05) is 5.69 Å². The number of nitrogens with one attached hydrogen (secondary N) is 1. The van der Waals surface area contributed by atoms with Crippen molar-refractivity contribution in [2.75, 3.05) is 11.1 Å². The number of nitrogens with two attached hydrogens (primary N) is 1. The number of benzene rings is 1. The molecule has 94 valence electrons. The lowest BCUT2D eigenvalue weighted by molar-refractivity contribution is 0.102. The highest BCUT2D eigenvalue weighted by molar-refractivity contribution is 6.02. The summed E-state index contributed by atoms with van der Waals surface area (Å²) in [5, 5.41) is 18.3. The molecule has 2 aromatic rings. The van der Waals surface area contributed by atoms with Crippen LogP contribution in [0, 0.1) is 17.1 Å². The molecular weight excluding hydrogens is 249 g/mol. The minimum Gasteiger partial charge on any atom is -0.382 e. The Labute approximate surface area is 107 Å². The molecule has 0 fully saturated rings. The number of rotatable bonds is 2. The fraction of sp³-hybridized carbons (Fsp3) is 0. The lowest BCUT2D eigenvalue weighted by atomic mass is 10.2. The van der Waals surface area contributed by atoms with Gasteiger partial charge in [0.15, 0.2) is 5.69 Å². The Morgan fingerprint density at radius 1 is 1.32 bits per heavy atom. The van der Waals surface area contributed by atoms with Gasteiger partial charge in [0.05, 0.1) is 5.56 Å². The molecule has 0 radical (unpaired) electrons. The maximum atomic E-state index is 13.1. The smallest absolute Gasteiger partial charge is 0.276 e. The maximum Gasteiger partial charge on any atom is 0.276 e. The molecule has 3 N–H and O–H groups in total. The van der Waals surface area contributed by atoms with Crippen molar-refractivity contribution in [3.63, 3.8) is 0 Å². The summed E-state index contributed by atoms with van der Waals surface area (Å²) in [6, 6.07) is 8.21. The van der Waals surface area contributed by atoms with Crippen molar-refractivity contribution in [3.05, 3.63) is 47.4 Å². The second-order valence-corrected chi connectivity index (χ2v) is 3.60. The normalized spacial score (nSPS) is 9.68. The first-order valence-electron chi connectivity index (χ1n) is 5.20. The van der Waals surface area contributed by atoms with E-state index in [9.17, 15) is 9.18 Å². The van der Waals surface area contributed by atoms with Crippen LogP contribution in [0.15, 0.2) is 30.3 Å². The summed E-state index contributed by atoms with van der Waals surface area (Å²) < 4.78 is 13.1. The van der Waals surface area contributed by atoms with Gasteiger partial charge in [-0.1, -0.05) is 0 Å². The molecule has 0 unspecified atom stereocenters. The SMILES string of the molecule is N#Cc1cc(NC(=O)c2ccc(N)nn2)ccc1F. The number of aromatic nitrogens is 2. The molecule has 0 saturated carbocycles. The van der Waals surface area contributed by atoms with Gasteiger partial charge in [-0.05, 0) is 30.3 Å². The van der Waals surface area contributed by atoms with Crippen molar-refractivity contribution in [1.82, 2.24) is 10.2 Å². The van der Waals surface area contributed by atoms with Gasteiger partial charge >= 0.3 is 0 Å². The van der Waals surface area contributed by atoms with Crippen LogP contribution in [0.3, 0.4) is 0 Å². The maximum absolute atomic E-state index is 13.1. The highest BCUT2D eigenvalue weighted by atomic mass is 19.1. The number of amides is 1. The van der Waals surface area contributed by atoms with Gasteiger partial charge < -0.3 is 11.1 Å². The zero-order valence-corrected chi connectivity index (χ0v) is 9.59. The van der Waals surface area contributed by atoms with E-state index >= 15 is 0 Å². The van der Waals surface area contributed by atoms with Crippen LogP contribution < -0.4 is 11.1 Å². The van der Waals surface area contributed by atoms with Gasteiger partial charge in [-0.3, -0.25) is 4.79 Å². The highest BCUT2D eigenvalue weighted by Gasteiger charge is 2.10. The number of nitriles is 1. The van der Waals surface area contributed by atoms with Crippen molar-refractivity contribution >= 4 is 17.4 Å². The second kappa shape index (κ2) is 5.10. The van der Waals surface area contributed by atoms with E-state index in [-0.39, 0.29) is 17.1 Å². The van der Waals surface area contributed by atoms with Crippen molar-refractivity contribution < 1.29 is 9.18 Å². The fourth-order valence-electron chi connectivity index (χ4n) is 1.35. The van der Waals surface area contributed by atoms with E-state index in [2.05, 4.69) is 15.5 Å². The molecule has 1 heterocycles. The second-order valence-electron chi connectivity index (χ2n) is 3.60. The average molecular weight is 257 g/mol. The molecule has 1 amide bonds. The summed E-state index contributed by atoms with van der Waals surface area (Å²) in [5.41, 5.74) is 5.56. The van der Waals surface area contributed by atoms with E-state index in [0.717, 1.165) is 6.07 Å². The van der Waals surface area contributed by atoms with Gasteiger partial charge in [-0.25, -0.2) is 4.39 Å². The standard InChI is InChI=1S/C12H8FN5O/c13-9-2-1-8(5-7(9)6-14)16-12(19)10-3-4-11(15)18-17-10/h1-5H,(H2,15,18)(H,16,19). The van der Waals surface area contributed by atoms with E-state index in [1.54, 1.807) is 6.07 Å². The monoisotopic (exact) mass is 257 g/mol. The molecule has 19 heavy (non-hydrogen) atoms. The molecule has 0 aliphatic carbocycles. The largest absolute Gasteiger partial charge is 0.382 e. The summed E-state index contributed by atoms with van der Waals surface area (Å²) in [5.74, 6) is -0.971. The molecule has 0 atom stereocenters. The lowest BCUT2D eigenvalue weighted by Gasteiger charge is -2.05. The van der Waals surface area contributed by atoms with E-state index in [4.69, 9.17) is 11.0 Å². The van der Waals surface area contributed by atoms with Crippen LogP contribution in [-0.4, -0.2) is 16.1 Å². The Hall–Kier alpha value is -3.01. The predicted octanol–water partition coefficient (Wildman–Crippen LogP) is 1.32.